The van der Waals surface area contributed by atoms with E-state index in [-0.39, 0.29) is 10.6 Å². The molecule has 0 aliphatic rings. The number of rotatable bonds is 9. The molecule has 21 heavy (non-hydrogen) atoms. The van der Waals surface area contributed by atoms with Crippen molar-refractivity contribution in [3.63, 3.8) is 0 Å². The van der Waals surface area contributed by atoms with Crippen molar-refractivity contribution in [3.8, 4) is 0 Å². The van der Waals surface area contributed by atoms with Gasteiger partial charge in [-0.25, -0.2) is 8.42 Å². The molecule has 1 N–H and O–H groups in total. The van der Waals surface area contributed by atoms with E-state index in [0.29, 0.717) is 6.42 Å². The summed E-state index contributed by atoms with van der Waals surface area (Å²) in [5.41, 5.74) is -0.865. The van der Waals surface area contributed by atoms with Crippen LogP contribution in [0.2, 0.25) is 0 Å². The van der Waals surface area contributed by atoms with Crippen LogP contribution in [0.1, 0.15) is 26.2 Å². The van der Waals surface area contributed by atoms with Gasteiger partial charge in [-0.15, -0.1) is 13.2 Å². The molecule has 0 radical (unpaired) electrons. The van der Waals surface area contributed by atoms with Crippen molar-refractivity contribution in [1.82, 2.24) is 0 Å². The van der Waals surface area contributed by atoms with Crippen LogP contribution in [0.5, 0.6) is 0 Å². The quantitative estimate of drug-likeness (QED) is 0.562. The molecule has 0 bridgehead atoms. The Balaban J connectivity index is 2.89. The minimum Gasteiger partial charge on any atom is -0.392 e. The molecule has 0 aliphatic heterocycles. The largest absolute Gasteiger partial charge is 0.392 e. The number of allylic oxidation sites excluding steroid dienone is 1. The van der Waals surface area contributed by atoms with Gasteiger partial charge < -0.3 is 5.11 Å². The zero-order valence-corrected chi connectivity index (χ0v) is 13.3. The Labute approximate surface area is 127 Å². The zero-order valence-electron chi connectivity index (χ0n) is 12.5. The van der Waals surface area contributed by atoms with Crippen LogP contribution in [0.15, 0.2) is 60.5 Å². The maximum atomic E-state index is 12.5. The summed E-state index contributed by atoms with van der Waals surface area (Å²) in [5.74, 6) is -0.150. The number of aliphatic hydroxyl groups is 1. The van der Waals surface area contributed by atoms with Gasteiger partial charge in [0.15, 0.2) is 9.84 Å². The predicted octanol–water partition coefficient (Wildman–Crippen LogP) is 3.37. The smallest absolute Gasteiger partial charge is 0.179 e. The first kappa shape index (κ1) is 17.7. The Morgan fingerprint density at radius 2 is 1.90 bits per heavy atom. The molecule has 0 amide bonds. The molecule has 0 fully saturated rings. The zero-order chi connectivity index (χ0) is 15.9. The Kier molecular flexibility index (Phi) is 6.37. The van der Waals surface area contributed by atoms with Gasteiger partial charge in [0.1, 0.15) is 0 Å². The molecule has 0 saturated heterocycles. The van der Waals surface area contributed by atoms with Crippen LogP contribution in [0.25, 0.3) is 0 Å². The van der Waals surface area contributed by atoms with Crippen molar-refractivity contribution >= 4 is 9.84 Å². The molecule has 1 aromatic rings. The molecule has 2 atom stereocenters. The van der Waals surface area contributed by atoms with E-state index < -0.39 is 21.4 Å². The maximum absolute atomic E-state index is 12.5. The minimum atomic E-state index is -3.46. The van der Waals surface area contributed by atoms with Crippen molar-refractivity contribution in [2.24, 2.45) is 5.41 Å². The molecule has 0 saturated carbocycles. The number of sulfone groups is 1. The Bertz CT molecular complexity index is 563. The van der Waals surface area contributed by atoms with Gasteiger partial charge in [-0.3, -0.25) is 0 Å². The van der Waals surface area contributed by atoms with Crippen LogP contribution in [0.4, 0.5) is 0 Å². The average molecular weight is 308 g/mol. The second kappa shape index (κ2) is 7.57. The number of aliphatic hydroxyl groups excluding tert-OH is 1. The first-order valence-corrected chi connectivity index (χ1v) is 8.71. The molecule has 116 valence electrons. The van der Waals surface area contributed by atoms with Gasteiger partial charge >= 0.3 is 0 Å². The topological polar surface area (TPSA) is 54.4 Å². The summed E-state index contributed by atoms with van der Waals surface area (Å²) in [6, 6.07) is 8.30. The monoisotopic (exact) mass is 308 g/mol. The van der Waals surface area contributed by atoms with Crippen LogP contribution in [-0.2, 0) is 9.84 Å². The number of unbranched alkanes of at least 4 members (excludes halogenated alkanes) is 1. The van der Waals surface area contributed by atoms with E-state index in [2.05, 4.69) is 13.2 Å². The average Bonchev–Trinajstić information content (AvgIpc) is 2.47. The highest BCUT2D eigenvalue weighted by Gasteiger charge is 2.35. The minimum absolute atomic E-state index is 0.150. The number of benzene rings is 1. The van der Waals surface area contributed by atoms with Gasteiger partial charge in [0.2, 0.25) is 0 Å². The molecule has 3 nitrogen and oxygen atoms in total. The summed E-state index contributed by atoms with van der Waals surface area (Å²) in [6.07, 6.45) is 4.70. The fraction of sp³-hybridized carbons (Fsp3) is 0.412. The van der Waals surface area contributed by atoms with Crippen molar-refractivity contribution in [2.45, 2.75) is 37.2 Å². The van der Waals surface area contributed by atoms with Gasteiger partial charge in [-0.1, -0.05) is 37.3 Å². The third kappa shape index (κ3) is 4.83. The van der Waals surface area contributed by atoms with Crippen LogP contribution < -0.4 is 0 Å². The highest BCUT2D eigenvalue weighted by atomic mass is 32.2. The highest BCUT2D eigenvalue weighted by molar-refractivity contribution is 7.91. The Morgan fingerprint density at radius 3 is 2.43 bits per heavy atom. The molecule has 0 heterocycles. The third-order valence-electron chi connectivity index (χ3n) is 3.72. The molecular weight excluding hydrogens is 284 g/mol. The van der Waals surface area contributed by atoms with Gasteiger partial charge in [-0.2, -0.15) is 0 Å². The first-order chi connectivity index (χ1) is 9.85. The summed E-state index contributed by atoms with van der Waals surface area (Å²) in [5, 5.41) is 10.3. The summed E-state index contributed by atoms with van der Waals surface area (Å²) in [7, 11) is -3.46. The molecule has 0 aliphatic carbocycles. The predicted molar refractivity (Wildman–Crippen MR) is 86.9 cm³/mol. The third-order valence-corrected chi connectivity index (χ3v) is 5.71. The van der Waals surface area contributed by atoms with Gasteiger partial charge in [0.05, 0.1) is 16.8 Å². The normalized spacial score (nSPS) is 15.9. The molecule has 0 unspecified atom stereocenters. The van der Waals surface area contributed by atoms with Gasteiger partial charge in [0, 0.05) is 5.41 Å². The second-order valence-corrected chi connectivity index (χ2v) is 7.51. The summed E-state index contributed by atoms with van der Waals surface area (Å²) in [4.78, 5) is 0.274. The molecule has 1 aromatic carbocycles. The lowest BCUT2D eigenvalue weighted by Gasteiger charge is -2.31. The first-order valence-electron chi connectivity index (χ1n) is 7.06. The lowest BCUT2D eigenvalue weighted by atomic mass is 9.84. The highest BCUT2D eigenvalue weighted by Crippen LogP contribution is 2.30. The van der Waals surface area contributed by atoms with Crippen LogP contribution in [0.3, 0.4) is 0 Å². The van der Waals surface area contributed by atoms with Crippen LogP contribution in [0, 0.1) is 5.41 Å². The van der Waals surface area contributed by atoms with Crippen molar-refractivity contribution in [1.29, 1.82) is 0 Å². The van der Waals surface area contributed by atoms with Crippen molar-refractivity contribution < 1.29 is 13.5 Å². The van der Waals surface area contributed by atoms with Crippen molar-refractivity contribution in [2.75, 3.05) is 5.75 Å². The van der Waals surface area contributed by atoms with E-state index in [4.69, 9.17) is 0 Å². The van der Waals surface area contributed by atoms with Crippen LogP contribution >= 0.6 is 0 Å². The van der Waals surface area contributed by atoms with E-state index in [9.17, 15) is 13.5 Å². The van der Waals surface area contributed by atoms with Crippen LogP contribution in [-0.4, -0.2) is 25.4 Å². The lowest BCUT2D eigenvalue weighted by Crippen LogP contribution is -2.37. The molecule has 0 spiro atoms. The summed E-state index contributed by atoms with van der Waals surface area (Å²) < 4.78 is 24.9. The SMILES string of the molecule is C=CCCC[C@H](O)[C@@](C)(C=C)CS(=O)(=O)c1ccccc1. The summed E-state index contributed by atoms with van der Waals surface area (Å²) >= 11 is 0. The fourth-order valence-electron chi connectivity index (χ4n) is 2.20. The summed E-state index contributed by atoms with van der Waals surface area (Å²) in [6.45, 7) is 9.09. The second-order valence-electron chi connectivity index (χ2n) is 5.52. The van der Waals surface area contributed by atoms with E-state index >= 15 is 0 Å². The van der Waals surface area contributed by atoms with Gasteiger partial charge in [0.25, 0.3) is 0 Å². The number of hydrogen-bond donors (Lipinski definition) is 1. The molecule has 1 rings (SSSR count). The van der Waals surface area contributed by atoms with E-state index in [1.54, 1.807) is 49.4 Å². The lowest BCUT2D eigenvalue weighted by molar-refractivity contribution is 0.0742. The van der Waals surface area contributed by atoms with E-state index in [1.165, 1.54) is 0 Å². The Morgan fingerprint density at radius 1 is 1.29 bits per heavy atom. The maximum Gasteiger partial charge on any atom is 0.179 e. The van der Waals surface area contributed by atoms with Gasteiger partial charge in [-0.05, 0) is 31.4 Å². The molecule has 0 aromatic heterocycles. The Hall–Kier alpha value is -1.39. The van der Waals surface area contributed by atoms with Crippen molar-refractivity contribution in [3.05, 3.63) is 55.6 Å². The standard InChI is InChI=1S/C17H24O3S/c1-4-6-8-13-16(18)17(3,5-2)14-21(19,20)15-11-9-7-10-12-15/h4-5,7,9-12,16,18H,1-2,6,8,13-14H2,3H3/t16-,17-/m0/s1. The number of hydrogen-bond acceptors (Lipinski definition) is 3. The molecular formula is C17H24O3S. The molecule has 4 heteroatoms. The fourth-order valence-corrected chi connectivity index (χ4v) is 4.06. The van der Waals surface area contributed by atoms with E-state index in [0.717, 1.165) is 12.8 Å². The van der Waals surface area contributed by atoms with E-state index in [1.807, 2.05) is 0 Å².